The van der Waals surface area contributed by atoms with Crippen molar-refractivity contribution in [1.82, 2.24) is 0 Å². The predicted octanol–water partition coefficient (Wildman–Crippen LogP) is 6.33. The zero-order chi connectivity index (χ0) is 13.0. The zero-order valence-corrected chi connectivity index (χ0v) is 12.6. The third-order valence-electron chi connectivity index (χ3n) is 5.77. The Labute approximate surface area is 119 Å². The smallest absolute Gasteiger partial charge is 0.0260 e. The van der Waals surface area contributed by atoms with Gasteiger partial charge in [-0.2, -0.15) is 0 Å². The van der Waals surface area contributed by atoms with Crippen LogP contribution in [0.3, 0.4) is 0 Å². The quantitative estimate of drug-likeness (QED) is 0.515. The van der Waals surface area contributed by atoms with Crippen LogP contribution in [-0.2, 0) is 0 Å². The summed E-state index contributed by atoms with van der Waals surface area (Å²) in [7, 11) is 0. The first-order chi connectivity index (χ1) is 9.36. The van der Waals surface area contributed by atoms with Gasteiger partial charge < -0.3 is 0 Å². The fourth-order valence-corrected chi connectivity index (χ4v) is 4.63. The molecule has 0 aromatic rings. The summed E-state index contributed by atoms with van der Waals surface area (Å²) in [5.41, 5.74) is 4.22. The van der Waals surface area contributed by atoms with Gasteiger partial charge in [-0.05, 0) is 69.6 Å². The molecule has 0 heteroatoms. The molecule has 0 aliphatic heterocycles. The highest BCUT2D eigenvalue weighted by Crippen LogP contribution is 2.49. The Morgan fingerprint density at radius 2 is 1.16 bits per heavy atom. The summed E-state index contributed by atoms with van der Waals surface area (Å²) < 4.78 is 0. The molecule has 3 aliphatic rings. The van der Waals surface area contributed by atoms with Crippen LogP contribution in [0.4, 0.5) is 0 Å². The molecule has 19 heavy (non-hydrogen) atoms. The van der Waals surface area contributed by atoms with Gasteiger partial charge in [0.15, 0.2) is 0 Å². The second-order valence-corrected chi connectivity index (χ2v) is 7.30. The van der Waals surface area contributed by atoms with Crippen molar-refractivity contribution in [3.8, 4) is 0 Å². The standard InChI is InChI=1S/C19H30/c1-3-8-17(9-4-1)11-12-18-10-7-15-19(16-18)13-5-2-6-14-19/h11-12H,1-10,13-16H2/b18-12+. The van der Waals surface area contributed by atoms with E-state index in [0.717, 1.165) is 5.41 Å². The number of allylic oxidation sites excluding steroid dienone is 4. The first-order valence-electron chi connectivity index (χ1n) is 8.74. The van der Waals surface area contributed by atoms with E-state index in [1.165, 1.54) is 89.9 Å². The molecule has 0 N–H and O–H groups in total. The first kappa shape index (κ1) is 13.5. The zero-order valence-electron chi connectivity index (χ0n) is 12.6. The van der Waals surface area contributed by atoms with E-state index in [4.69, 9.17) is 0 Å². The van der Waals surface area contributed by atoms with Gasteiger partial charge in [-0.1, -0.05) is 49.0 Å². The minimum absolute atomic E-state index is 0.730. The Morgan fingerprint density at radius 1 is 0.579 bits per heavy atom. The SMILES string of the molecule is C(/C=C1\CCCC2(CCCCC2)C1)=C1CCCCC1. The monoisotopic (exact) mass is 258 g/mol. The van der Waals surface area contributed by atoms with Crippen molar-refractivity contribution < 1.29 is 0 Å². The predicted molar refractivity (Wildman–Crippen MR) is 83.2 cm³/mol. The van der Waals surface area contributed by atoms with Gasteiger partial charge in [0, 0.05) is 0 Å². The number of hydrogen-bond donors (Lipinski definition) is 0. The van der Waals surface area contributed by atoms with Crippen molar-refractivity contribution in [2.75, 3.05) is 0 Å². The Bertz CT molecular complexity index is 339. The highest BCUT2D eigenvalue weighted by Gasteiger charge is 2.34. The van der Waals surface area contributed by atoms with E-state index in [1.54, 1.807) is 11.1 Å². The van der Waals surface area contributed by atoms with Crippen LogP contribution in [0.2, 0.25) is 0 Å². The Hall–Kier alpha value is -0.520. The van der Waals surface area contributed by atoms with E-state index < -0.39 is 0 Å². The molecule has 0 aromatic heterocycles. The summed E-state index contributed by atoms with van der Waals surface area (Å²) in [5, 5.41) is 0. The molecule has 3 fully saturated rings. The molecule has 0 amide bonds. The lowest BCUT2D eigenvalue weighted by Crippen LogP contribution is -2.27. The van der Waals surface area contributed by atoms with Crippen LogP contribution >= 0.6 is 0 Å². The maximum atomic E-state index is 2.52. The van der Waals surface area contributed by atoms with E-state index >= 15 is 0 Å². The molecular weight excluding hydrogens is 228 g/mol. The van der Waals surface area contributed by atoms with Gasteiger partial charge in [0.05, 0.1) is 0 Å². The lowest BCUT2D eigenvalue weighted by atomic mass is 9.64. The molecular formula is C19H30. The molecule has 0 saturated heterocycles. The van der Waals surface area contributed by atoms with Gasteiger partial charge in [-0.25, -0.2) is 0 Å². The highest BCUT2D eigenvalue weighted by molar-refractivity contribution is 5.21. The normalized spacial score (nSPS) is 29.7. The van der Waals surface area contributed by atoms with Crippen molar-refractivity contribution in [3.05, 3.63) is 23.3 Å². The summed E-state index contributed by atoms with van der Waals surface area (Å²) >= 11 is 0. The van der Waals surface area contributed by atoms with Gasteiger partial charge >= 0.3 is 0 Å². The third-order valence-corrected chi connectivity index (χ3v) is 5.77. The van der Waals surface area contributed by atoms with E-state index in [0.29, 0.717) is 0 Å². The van der Waals surface area contributed by atoms with Crippen molar-refractivity contribution in [2.24, 2.45) is 5.41 Å². The topological polar surface area (TPSA) is 0 Å². The number of hydrogen-bond acceptors (Lipinski definition) is 0. The van der Waals surface area contributed by atoms with Crippen LogP contribution in [0.1, 0.15) is 89.9 Å². The van der Waals surface area contributed by atoms with Crippen molar-refractivity contribution in [2.45, 2.75) is 89.9 Å². The van der Waals surface area contributed by atoms with E-state index in [9.17, 15) is 0 Å². The fraction of sp³-hybridized carbons (Fsp3) is 0.789. The summed E-state index contributed by atoms with van der Waals surface area (Å²) in [6.45, 7) is 0. The third kappa shape index (κ3) is 3.52. The minimum atomic E-state index is 0.730. The van der Waals surface area contributed by atoms with Gasteiger partial charge in [0.1, 0.15) is 0 Å². The second-order valence-electron chi connectivity index (χ2n) is 7.30. The minimum Gasteiger partial charge on any atom is -0.0702 e. The first-order valence-corrected chi connectivity index (χ1v) is 8.74. The Morgan fingerprint density at radius 3 is 1.95 bits per heavy atom. The fourth-order valence-electron chi connectivity index (χ4n) is 4.63. The van der Waals surface area contributed by atoms with Crippen LogP contribution in [0.5, 0.6) is 0 Å². The van der Waals surface area contributed by atoms with Crippen molar-refractivity contribution >= 4 is 0 Å². The molecule has 0 nitrogen and oxygen atoms in total. The molecule has 0 radical (unpaired) electrons. The van der Waals surface area contributed by atoms with Crippen LogP contribution in [0, 0.1) is 5.41 Å². The molecule has 0 heterocycles. The highest BCUT2D eigenvalue weighted by atomic mass is 14.4. The van der Waals surface area contributed by atoms with Gasteiger partial charge in [0.2, 0.25) is 0 Å². The maximum absolute atomic E-state index is 2.52. The second kappa shape index (κ2) is 6.29. The Kier molecular flexibility index (Phi) is 4.45. The van der Waals surface area contributed by atoms with E-state index in [2.05, 4.69) is 12.2 Å². The number of rotatable bonds is 1. The maximum Gasteiger partial charge on any atom is -0.0260 e. The summed E-state index contributed by atoms with van der Waals surface area (Å²) in [4.78, 5) is 0. The molecule has 0 unspecified atom stereocenters. The molecule has 0 aromatic carbocycles. The molecule has 3 rings (SSSR count). The summed E-state index contributed by atoms with van der Waals surface area (Å²) in [5.74, 6) is 0. The van der Waals surface area contributed by atoms with Crippen LogP contribution in [-0.4, -0.2) is 0 Å². The van der Waals surface area contributed by atoms with Crippen LogP contribution < -0.4 is 0 Å². The largest absolute Gasteiger partial charge is 0.0702 e. The van der Waals surface area contributed by atoms with Gasteiger partial charge in [-0.15, -0.1) is 0 Å². The summed E-state index contributed by atoms with van der Waals surface area (Å²) in [6, 6.07) is 0. The Balaban J connectivity index is 1.63. The lowest BCUT2D eigenvalue weighted by molar-refractivity contribution is 0.150. The average Bonchev–Trinajstić information content (AvgIpc) is 2.47. The molecule has 106 valence electrons. The molecule has 3 saturated carbocycles. The molecule has 0 atom stereocenters. The molecule has 3 aliphatic carbocycles. The van der Waals surface area contributed by atoms with Crippen LogP contribution in [0.15, 0.2) is 23.3 Å². The van der Waals surface area contributed by atoms with E-state index in [-0.39, 0.29) is 0 Å². The average molecular weight is 258 g/mol. The van der Waals surface area contributed by atoms with Gasteiger partial charge in [0.25, 0.3) is 0 Å². The molecule has 1 spiro atoms. The summed E-state index contributed by atoms with van der Waals surface area (Å²) in [6.07, 6.45) is 25.4. The molecule has 0 bridgehead atoms. The van der Waals surface area contributed by atoms with Gasteiger partial charge in [-0.3, -0.25) is 0 Å². The van der Waals surface area contributed by atoms with E-state index in [1.807, 2.05) is 0 Å². The lowest BCUT2D eigenvalue weighted by Gasteiger charge is -2.41. The van der Waals surface area contributed by atoms with Crippen molar-refractivity contribution in [3.63, 3.8) is 0 Å². The van der Waals surface area contributed by atoms with Crippen LogP contribution in [0.25, 0.3) is 0 Å². The van der Waals surface area contributed by atoms with Crippen molar-refractivity contribution in [1.29, 1.82) is 0 Å².